The van der Waals surface area contributed by atoms with Crippen molar-refractivity contribution >= 4 is 29.1 Å². The molecule has 19 heavy (non-hydrogen) atoms. The third-order valence-electron chi connectivity index (χ3n) is 3.94. The van der Waals surface area contributed by atoms with Crippen LogP contribution in [0.1, 0.15) is 23.3 Å². The van der Waals surface area contributed by atoms with Gasteiger partial charge < -0.3 is 20.8 Å². The second-order valence-corrected chi connectivity index (χ2v) is 5.85. The van der Waals surface area contributed by atoms with E-state index in [1.165, 1.54) is 6.07 Å². The van der Waals surface area contributed by atoms with Gasteiger partial charge in [0.15, 0.2) is 0 Å². The third-order valence-corrected chi connectivity index (χ3v) is 4.64. The molecule has 1 amide bonds. The summed E-state index contributed by atoms with van der Waals surface area (Å²) in [5.41, 5.74) is 6.42. The molecule has 1 aliphatic heterocycles. The van der Waals surface area contributed by atoms with Crippen LogP contribution in [0.15, 0.2) is 6.07 Å². The van der Waals surface area contributed by atoms with Crippen LogP contribution in [-0.4, -0.2) is 35.7 Å². The van der Waals surface area contributed by atoms with Gasteiger partial charge in [0.1, 0.15) is 10.8 Å². The lowest BCUT2D eigenvalue weighted by molar-refractivity contribution is -0.117. The number of fused-ring (bicyclic) bond motifs is 1. The fourth-order valence-corrected chi connectivity index (χ4v) is 3.19. The molecule has 0 aromatic carbocycles. The molecule has 4 N–H and O–H groups in total. The van der Waals surface area contributed by atoms with Gasteiger partial charge in [-0.15, -0.1) is 0 Å². The van der Waals surface area contributed by atoms with Gasteiger partial charge in [-0.25, -0.2) is 0 Å². The molecule has 2 aliphatic rings. The average Bonchev–Trinajstić information content (AvgIpc) is 2.75. The summed E-state index contributed by atoms with van der Waals surface area (Å²) >= 11 is 11.6. The zero-order valence-corrected chi connectivity index (χ0v) is 11.7. The van der Waals surface area contributed by atoms with Gasteiger partial charge in [-0.2, -0.15) is 0 Å². The van der Waals surface area contributed by atoms with E-state index in [4.69, 9.17) is 33.7 Å². The predicted octanol–water partition coefficient (Wildman–Crippen LogP) is 1.56. The molecule has 0 bridgehead atoms. The van der Waals surface area contributed by atoms with E-state index in [9.17, 15) is 4.79 Å². The predicted molar refractivity (Wildman–Crippen MR) is 72.5 cm³/mol. The number of ether oxygens (including phenoxy) is 1. The first-order chi connectivity index (χ1) is 9.08. The molecule has 2 heterocycles. The van der Waals surface area contributed by atoms with E-state index in [2.05, 4.69) is 10.3 Å². The Bertz CT molecular complexity index is 486. The Morgan fingerprint density at radius 3 is 3.00 bits per heavy atom. The smallest absolute Gasteiger partial charge is 0.268 e. The first kappa shape index (κ1) is 13.2. The zero-order chi connectivity index (χ0) is 13.6. The van der Waals surface area contributed by atoms with Gasteiger partial charge >= 0.3 is 0 Å². The number of aromatic nitrogens is 1. The van der Waals surface area contributed by atoms with Gasteiger partial charge in [0.2, 0.25) is 0 Å². The highest BCUT2D eigenvalue weighted by atomic mass is 35.5. The van der Waals surface area contributed by atoms with E-state index < -0.39 is 0 Å². The standard InChI is InChI=1S/C12H15Cl2N3O2/c13-6-4-7(16-11(6)14)12(18)17-9-8(15)5-2-1-3-19-10(5)9/h4-5,8-10,16H,1-3,15H2,(H,17,18). The second-order valence-electron chi connectivity index (χ2n) is 5.06. The van der Waals surface area contributed by atoms with E-state index in [-0.39, 0.29) is 29.2 Å². The van der Waals surface area contributed by atoms with Crippen molar-refractivity contribution in [2.75, 3.05) is 6.61 Å². The summed E-state index contributed by atoms with van der Waals surface area (Å²) in [6, 6.07) is 1.32. The number of carbonyl (C=O) groups is 1. The summed E-state index contributed by atoms with van der Waals surface area (Å²) in [5.74, 6) is 0.0942. The van der Waals surface area contributed by atoms with Crippen molar-refractivity contribution in [3.63, 3.8) is 0 Å². The van der Waals surface area contributed by atoms with Gasteiger partial charge in [-0.05, 0) is 18.9 Å². The molecule has 0 radical (unpaired) electrons. The normalized spacial score (nSPS) is 33.4. The molecule has 1 aromatic heterocycles. The number of nitrogens with one attached hydrogen (secondary N) is 2. The van der Waals surface area contributed by atoms with Gasteiger partial charge in [0.05, 0.1) is 17.2 Å². The highest BCUT2D eigenvalue weighted by molar-refractivity contribution is 6.41. The van der Waals surface area contributed by atoms with Gasteiger partial charge in [-0.1, -0.05) is 23.2 Å². The number of carbonyl (C=O) groups excluding carboxylic acids is 1. The summed E-state index contributed by atoms with van der Waals surface area (Å²) in [4.78, 5) is 14.8. The molecule has 0 spiro atoms. The lowest BCUT2D eigenvalue weighted by Crippen LogP contribution is -2.72. The molecular weight excluding hydrogens is 289 g/mol. The van der Waals surface area contributed by atoms with E-state index in [1.807, 2.05) is 0 Å². The van der Waals surface area contributed by atoms with Crippen LogP contribution in [0.25, 0.3) is 0 Å². The van der Waals surface area contributed by atoms with E-state index >= 15 is 0 Å². The van der Waals surface area contributed by atoms with Crippen molar-refractivity contribution < 1.29 is 9.53 Å². The lowest BCUT2D eigenvalue weighted by Gasteiger charge is -2.52. The summed E-state index contributed by atoms with van der Waals surface area (Å²) in [6.07, 6.45) is 2.14. The number of hydrogen-bond donors (Lipinski definition) is 3. The van der Waals surface area contributed by atoms with Crippen molar-refractivity contribution in [2.24, 2.45) is 11.7 Å². The Hall–Kier alpha value is -0.750. The highest BCUT2D eigenvalue weighted by Crippen LogP contribution is 2.37. The highest BCUT2D eigenvalue weighted by Gasteiger charge is 2.51. The van der Waals surface area contributed by atoms with Crippen LogP contribution in [-0.2, 0) is 4.74 Å². The molecular formula is C12H15Cl2N3O2. The molecule has 3 rings (SSSR count). The van der Waals surface area contributed by atoms with Gasteiger partial charge in [0, 0.05) is 18.6 Å². The fourth-order valence-electron chi connectivity index (χ4n) is 2.88. The number of H-pyrrole nitrogens is 1. The number of aromatic amines is 1. The summed E-state index contributed by atoms with van der Waals surface area (Å²) in [6.45, 7) is 0.737. The number of amides is 1. The van der Waals surface area contributed by atoms with E-state index in [0.29, 0.717) is 16.6 Å². The van der Waals surface area contributed by atoms with Crippen molar-refractivity contribution in [1.82, 2.24) is 10.3 Å². The molecule has 104 valence electrons. The minimum atomic E-state index is -0.262. The number of rotatable bonds is 2. The van der Waals surface area contributed by atoms with Crippen LogP contribution in [0.3, 0.4) is 0 Å². The maximum Gasteiger partial charge on any atom is 0.268 e. The molecule has 4 atom stereocenters. The van der Waals surface area contributed by atoms with Crippen LogP contribution in [0.5, 0.6) is 0 Å². The molecule has 1 saturated carbocycles. The lowest BCUT2D eigenvalue weighted by atomic mass is 9.68. The van der Waals surface area contributed by atoms with Crippen LogP contribution in [0.4, 0.5) is 0 Å². The molecule has 1 aliphatic carbocycles. The van der Waals surface area contributed by atoms with Crippen LogP contribution >= 0.6 is 23.2 Å². The van der Waals surface area contributed by atoms with Crippen molar-refractivity contribution in [3.8, 4) is 0 Å². The SMILES string of the molecule is NC1C2CCCOC2C1NC(=O)c1cc(Cl)c(Cl)[nH]1. The molecule has 7 heteroatoms. The average molecular weight is 304 g/mol. The quantitative estimate of drug-likeness (QED) is 0.775. The first-order valence-electron chi connectivity index (χ1n) is 6.30. The maximum absolute atomic E-state index is 12.1. The molecule has 2 fully saturated rings. The monoisotopic (exact) mass is 303 g/mol. The largest absolute Gasteiger partial charge is 0.376 e. The summed E-state index contributed by atoms with van der Waals surface area (Å²) in [5, 5.41) is 3.48. The summed E-state index contributed by atoms with van der Waals surface area (Å²) < 4.78 is 5.67. The van der Waals surface area contributed by atoms with Crippen molar-refractivity contribution in [2.45, 2.75) is 31.0 Å². The van der Waals surface area contributed by atoms with Crippen LogP contribution < -0.4 is 11.1 Å². The minimum Gasteiger partial charge on any atom is -0.376 e. The third kappa shape index (κ3) is 2.25. The molecule has 5 nitrogen and oxygen atoms in total. The second kappa shape index (κ2) is 4.98. The Morgan fingerprint density at radius 1 is 1.53 bits per heavy atom. The molecule has 1 aromatic rings. The zero-order valence-electron chi connectivity index (χ0n) is 10.2. The number of nitrogens with two attached hydrogens (primary N) is 1. The van der Waals surface area contributed by atoms with Gasteiger partial charge in [-0.3, -0.25) is 4.79 Å². The van der Waals surface area contributed by atoms with E-state index in [1.54, 1.807) is 0 Å². The molecule has 1 saturated heterocycles. The first-order valence-corrected chi connectivity index (χ1v) is 7.05. The fraction of sp³-hybridized carbons (Fsp3) is 0.583. The van der Waals surface area contributed by atoms with Crippen LogP contribution in [0.2, 0.25) is 10.2 Å². The minimum absolute atomic E-state index is 0.0357. The van der Waals surface area contributed by atoms with Crippen molar-refractivity contribution in [1.29, 1.82) is 0 Å². The number of halogens is 2. The van der Waals surface area contributed by atoms with Crippen molar-refractivity contribution in [3.05, 3.63) is 21.9 Å². The van der Waals surface area contributed by atoms with E-state index in [0.717, 1.165) is 19.4 Å². The van der Waals surface area contributed by atoms with Crippen LogP contribution in [0, 0.1) is 5.92 Å². The number of hydrogen-bond acceptors (Lipinski definition) is 3. The Morgan fingerprint density at radius 2 is 2.32 bits per heavy atom. The molecule has 4 unspecified atom stereocenters. The summed E-state index contributed by atoms with van der Waals surface area (Å²) in [7, 11) is 0. The Balaban J connectivity index is 1.66. The van der Waals surface area contributed by atoms with Gasteiger partial charge in [0.25, 0.3) is 5.91 Å². The Kier molecular flexibility index (Phi) is 3.47. The maximum atomic E-state index is 12.1. The Labute approximate surface area is 120 Å². The topological polar surface area (TPSA) is 80.1 Å².